The molecular formula is C16H17FN2O2. The van der Waals surface area contributed by atoms with Gasteiger partial charge in [0.2, 0.25) is 0 Å². The topological polar surface area (TPSA) is 55.2 Å². The van der Waals surface area contributed by atoms with Gasteiger partial charge in [-0.05, 0) is 24.5 Å². The monoisotopic (exact) mass is 288 g/mol. The van der Waals surface area contributed by atoms with Crippen molar-refractivity contribution in [3.05, 3.63) is 70.0 Å². The molecule has 0 aliphatic carbocycles. The van der Waals surface area contributed by atoms with Crippen LogP contribution in [-0.4, -0.2) is 11.0 Å². The normalized spacial score (nSPS) is 11.9. The van der Waals surface area contributed by atoms with E-state index in [4.69, 9.17) is 0 Å². The van der Waals surface area contributed by atoms with Gasteiger partial charge in [-0.2, -0.15) is 0 Å². The maximum atomic E-state index is 13.3. The summed E-state index contributed by atoms with van der Waals surface area (Å²) in [5.41, 5.74) is 1.25. The van der Waals surface area contributed by atoms with Crippen molar-refractivity contribution in [3.63, 3.8) is 0 Å². The molecule has 0 fully saturated rings. The van der Waals surface area contributed by atoms with Crippen LogP contribution in [0.3, 0.4) is 0 Å². The summed E-state index contributed by atoms with van der Waals surface area (Å²) in [7, 11) is 0. The van der Waals surface area contributed by atoms with Crippen molar-refractivity contribution in [1.82, 2.24) is 0 Å². The Morgan fingerprint density at radius 2 is 1.95 bits per heavy atom. The standard InChI is InChI=1S/C16H17FN2O2/c1-2-14(10-12-6-4-3-5-7-12)18-15-11-13(17)8-9-16(15)19(20)21/h3-9,11,14,18H,2,10H2,1H3. The quantitative estimate of drug-likeness (QED) is 0.641. The van der Waals surface area contributed by atoms with E-state index in [-0.39, 0.29) is 17.4 Å². The molecule has 0 aliphatic heterocycles. The molecule has 0 spiro atoms. The van der Waals surface area contributed by atoms with Crippen LogP contribution in [0, 0.1) is 15.9 Å². The number of anilines is 1. The Labute approximate surface area is 122 Å². The number of nitro groups is 1. The largest absolute Gasteiger partial charge is 0.376 e. The number of nitro benzene ring substituents is 1. The molecule has 0 bridgehead atoms. The van der Waals surface area contributed by atoms with Crippen LogP contribution in [0.2, 0.25) is 0 Å². The van der Waals surface area contributed by atoms with E-state index in [1.54, 1.807) is 0 Å². The second-order valence-electron chi connectivity index (χ2n) is 4.86. The van der Waals surface area contributed by atoms with E-state index in [1.807, 2.05) is 37.3 Å². The summed E-state index contributed by atoms with van der Waals surface area (Å²) >= 11 is 0. The first-order chi connectivity index (χ1) is 10.1. The molecule has 0 aromatic heterocycles. The second kappa shape index (κ2) is 6.83. The zero-order valence-corrected chi connectivity index (χ0v) is 11.8. The molecule has 1 N–H and O–H groups in total. The average molecular weight is 288 g/mol. The summed E-state index contributed by atoms with van der Waals surface area (Å²) in [4.78, 5) is 10.5. The van der Waals surface area contributed by atoms with Crippen molar-refractivity contribution in [2.45, 2.75) is 25.8 Å². The Kier molecular flexibility index (Phi) is 4.87. The van der Waals surface area contributed by atoms with Gasteiger partial charge in [0.15, 0.2) is 0 Å². The van der Waals surface area contributed by atoms with Gasteiger partial charge < -0.3 is 5.32 Å². The van der Waals surface area contributed by atoms with Crippen molar-refractivity contribution >= 4 is 11.4 Å². The minimum absolute atomic E-state index is 0.00731. The highest BCUT2D eigenvalue weighted by atomic mass is 19.1. The van der Waals surface area contributed by atoms with Gasteiger partial charge in [-0.15, -0.1) is 0 Å². The van der Waals surface area contributed by atoms with E-state index in [0.29, 0.717) is 0 Å². The molecule has 2 aromatic carbocycles. The summed E-state index contributed by atoms with van der Waals surface area (Å²) in [6, 6.07) is 13.3. The lowest BCUT2D eigenvalue weighted by molar-refractivity contribution is -0.384. The fraction of sp³-hybridized carbons (Fsp3) is 0.250. The number of halogens is 1. The van der Waals surface area contributed by atoms with E-state index in [0.717, 1.165) is 24.5 Å². The van der Waals surface area contributed by atoms with Crippen LogP contribution in [0.15, 0.2) is 48.5 Å². The lowest BCUT2D eigenvalue weighted by Crippen LogP contribution is -2.22. The number of rotatable bonds is 6. The van der Waals surface area contributed by atoms with Gasteiger partial charge in [-0.3, -0.25) is 10.1 Å². The Balaban J connectivity index is 2.18. The molecular weight excluding hydrogens is 271 g/mol. The molecule has 1 unspecified atom stereocenters. The molecule has 4 nitrogen and oxygen atoms in total. The molecule has 1 atom stereocenters. The van der Waals surface area contributed by atoms with Crippen LogP contribution in [0.4, 0.5) is 15.8 Å². The molecule has 5 heteroatoms. The molecule has 0 radical (unpaired) electrons. The van der Waals surface area contributed by atoms with E-state index < -0.39 is 10.7 Å². The van der Waals surface area contributed by atoms with Gasteiger partial charge >= 0.3 is 0 Å². The lowest BCUT2D eigenvalue weighted by Gasteiger charge is -2.18. The first-order valence-corrected chi connectivity index (χ1v) is 6.84. The zero-order chi connectivity index (χ0) is 15.2. The van der Waals surface area contributed by atoms with Crippen LogP contribution in [0.5, 0.6) is 0 Å². The smallest absolute Gasteiger partial charge is 0.292 e. The highest BCUT2D eigenvalue weighted by molar-refractivity contribution is 5.62. The summed E-state index contributed by atoms with van der Waals surface area (Å²) in [5, 5.41) is 14.1. The molecule has 0 saturated heterocycles. The molecule has 0 saturated carbocycles. The predicted octanol–water partition coefficient (Wildman–Crippen LogP) is 4.17. The number of nitrogens with one attached hydrogen (secondary N) is 1. The number of benzene rings is 2. The lowest BCUT2D eigenvalue weighted by atomic mass is 10.0. The zero-order valence-electron chi connectivity index (χ0n) is 11.8. The Hall–Kier alpha value is -2.43. The summed E-state index contributed by atoms with van der Waals surface area (Å²) < 4.78 is 13.3. The fourth-order valence-electron chi connectivity index (χ4n) is 2.20. The third-order valence-corrected chi connectivity index (χ3v) is 3.33. The fourth-order valence-corrected chi connectivity index (χ4v) is 2.20. The molecule has 0 amide bonds. The van der Waals surface area contributed by atoms with Gasteiger partial charge in [-0.25, -0.2) is 4.39 Å². The van der Waals surface area contributed by atoms with Crippen LogP contribution < -0.4 is 5.32 Å². The predicted molar refractivity (Wildman–Crippen MR) is 80.9 cm³/mol. The first-order valence-electron chi connectivity index (χ1n) is 6.84. The van der Waals surface area contributed by atoms with E-state index >= 15 is 0 Å². The number of hydrogen-bond acceptors (Lipinski definition) is 3. The third kappa shape index (κ3) is 4.02. The molecule has 21 heavy (non-hydrogen) atoms. The highest BCUT2D eigenvalue weighted by Crippen LogP contribution is 2.26. The minimum Gasteiger partial charge on any atom is -0.376 e. The second-order valence-corrected chi connectivity index (χ2v) is 4.86. The molecule has 2 rings (SSSR count). The maximum Gasteiger partial charge on any atom is 0.292 e. The van der Waals surface area contributed by atoms with Crippen LogP contribution in [0.25, 0.3) is 0 Å². The van der Waals surface area contributed by atoms with Crippen molar-refractivity contribution < 1.29 is 9.31 Å². The van der Waals surface area contributed by atoms with E-state index in [1.165, 1.54) is 12.1 Å². The van der Waals surface area contributed by atoms with Gasteiger partial charge in [0.25, 0.3) is 5.69 Å². The Morgan fingerprint density at radius 1 is 1.24 bits per heavy atom. The van der Waals surface area contributed by atoms with Gasteiger partial charge in [0.1, 0.15) is 11.5 Å². The first kappa shape index (κ1) is 15.0. The summed E-state index contributed by atoms with van der Waals surface area (Å²) in [5.74, 6) is -0.488. The summed E-state index contributed by atoms with van der Waals surface area (Å²) in [6.07, 6.45) is 1.51. The van der Waals surface area contributed by atoms with Crippen LogP contribution >= 0.6 is 0 Å². The van der Waals surface area contributed by atoms with Gasteiger partial charge in [-0.1, -0.05) is 37.3 Å². The van der Waals surface area contributed by atoms with Crippen molar-refractivity contribution in [2.75, 3.05) is 5.32 Å². The Morgan fingerprint density at radius 3 is 2.57 bits per heavy atom. The van der Waals surface area contributed by atoms with E-state index in [2.05, 4.69) is 5.32 Å². The number of hydrogen-bond donors (Lipinski definition) is 1. The third-order valence-electron chi connectivity index (χ3n) is 3.33. The highest BCUT2D eigenvalue weighted by Gasteiger charge is 2.17. The summed E-state index contributed by atoms with van der Waals surface area (Å²) in [6.45, 7) is 1.99. The molecule has 0 heterocycles. The molecule has 0 aliphatic rings. The average Bonchev–Trinajstić information content (AvgIpc) is 2.47. The van der Waals surface area contributed by atoms with Crippen LogP contribution in [0.1, 0.15) is 18.9 Å². The number of nitrogens with zero attached hydrogens (tertiary/aromatic N) is 1. The molecule has 110 valence electrons. The SMILES string of the molecule is CCC(Cc1ccccc1)Nc1cc(F)ccc1[N+](=O)[O-]. The van der Waals surface area contributed by atoms with Gasteiger partial charge in [0.05, 0.1) is 4.92 Å². The maximum absolute atomic E-state index is 13.3. The van der Waals surface area contributed by atoms with Crippen molar-refractivity contribution in [3.8, 4) is 0 Å². The molecule has 2 aromatic rings. The van der Waals surface area contributed by atoms with Gasteiger partial charge in [0, 0.05) is 18.2 Å². The van der Waals surface area contributed by atoms with E-state index in [9.17, 15) is 14.5 Å². The van der Waals surface area contributed by atoms with Crippen molar-refractivity contribution in [1.29, 1.82) is 0 Å². The Bertz CT molecular complexity index is 617. The van der Waals surface area contributed by atoms with Crippen molar-refractivity contribution in [2.24, 2.45) is 0 Å². The minimum atomic E-state index is -0.503. The van der Waals surface area contributed by atoms with Crippen LogP contribution in [-0.2, 0) is 6.42 Å².